The monoisotopic (exact) mass is 402 g/mol. The van der Waals surface area contributed by atoms with E-state index in [4.69, 9.17) is 4.74 Å². The van der Waals surface area contributed by atoms with Crippen molar-refractivity contribution in [1.29, 1.82) is 0 Å². The number of rotatable bonds is 8. The van der Waals surface area contributed by atoms with Gasteiger partial charge in [-0.2, -0.15) is 0 Å². The Morgan fingerprint density at radius 1 is 0.880 bits per heavy atom. The van der Waals surface area contributed by atoms with E-state index < -0.39 is 0 Å². The molecule has 0 heterocycles. The molecule has 2 nitrogen and oxygen atoms in total. The molecule has 2 aromatic rings. The molecule has 0 atom stereocenters. The third-order valence-corrected chi connectivity index (χ3v) is 5.62. The van der Waals surface area contributed by atoms with E-state index in [2.05, 4.69) is 43.6 Å². The van der Waals surface area contributed by atoms with Gasteiger partial charge >= 0.3 is 0 Å². The Morgan fingerprint density at radius 3 is 2.00 bits per heavy atom. The van der Waals surface area contributed by atoms with Crippen molar-refractivity contribution >= 4 is 21.7 Å². The number of alkyl halides is 1. The highest BCUT2D eigenvalue weighted by Crippen LogP contribution is 2.35. The number of ketones is 1. The summed E-state index contributed by atoms with van der Waals surface area (Å²) in [7, 11) is 0. The van der Waals surface area contributed by atoms with Gasteiger partial charge < -0.3 is 4.74 Å². The van der Waals surface area contributed by atoms with Crippen LogP contribution in [0.5, 0.6) is 5.75 Å². The predicted molar refractivity (Wildman–Crippen MR) is 108 cm³/mol. The minimum Gasteiger partial charge on any atom is -0.493 e. The van der Waals surface area contributed by atoms with Gasteiger partial charge in [0.2, 0.25) is 0 Å². The number of hydrogen-bond donors (Lipinski definition) is 0. The fourth-order valence-electron chi connectivity index (χ4n) is 3.13. The summed E-state index contributed by atoms with van der Waals surface area (Å²) in [6.45, 7) is 9.62. The Bertz CT molecular complexity index is 688. The topological polar surface area (TPSA) is 26.3 Å². The lowest BCUT2D eigenvalue weighted by Crippen LogP contribution is -2.29. The third-order valence-electron chi connectivity index (χ3n) is 4.10. The van der Waals surface area contributed by atoms with E-state index in [1.165, 1.54) is 0 Å². The molecular formula is C22H27BrO2. The van der Waals surface area contributed by atoms with Crippen molar-refractivity contribution in [3.05, 3.63) is 65.7 Å². The minimum atomic E-state index is 0.0338. The van der Waals surface area contributed by atoms with Gasteiger partial charge in [0.25, 0.3) is 0 Å². The smallest absolute Gasteiger partial charge is 0.193 e. The Morgan fingerprint density at radius 2 is 1.44 bits per heavy atom. The Labute approximate surface area is 159 Å². The molecule has 3 heteroatoms. The molecule has 0 N–H and O–H groups in total. The second kappa shape index (κ2) is 8.18. The Kier molecular flexibility index (Phi) is 6.45. The number of carbonyl (C=O) groups is 1. The first kappa shape index (κ1) is 19.7. The highest BCUT2D eigenvalue weighted by Gasteiger charge is 2.28. The van der Waals surface area contributed by atoms with E-state index in [-0.39, 0.29) is 16.6 Å². The fourth-order valence-corrected chi connectivity index (χ4v) is 3.33. The number of ether oxygens (including phenoxy) is 1. The molecule has 0 fully saturated rings. The van der Waals surface area contributed by atoms with Crippen LogP contribution in [0.4, 0.5) is 0 Å². The molecule has 0 amide bonds. The molecule has 0 aromatic heterocycles. The largest absolute Gasteiger partial charge is 0.493 e. The van der Waals surface area contributed by atoms with Gasteiger partial charge in [0.05, 0.1) is 6.61 Å². The summed E-state index contributed by atoms with van der Waals surface area (Å²) in [6.07, 6.45) is 1.07. The van der Waals surface area contributed by atoms with Crippen molar-refractivity contribution in [3.63, 3.8) is 0 Å². The zero-order valence-electron chi connectivity index (χ0n) is 15.5. The molecule has 0 bridgehead atoms. The van der Waals surface area contributed by atoms with Crippen molar-refractivity contribution in [2.45, 2.75) is 34.1 Å². The lowest BCUT2D eigenvalue weighted by Gasteiger charge is -2.33. The van der Waals surface area contributed by atoms with Crippen molar-refractivity contribution in [2.75, 3.05) is 11.9 Å². The quantitative estimate of drug-likeness (QED) is 0.391. The van der Waals surface area contributed by atoms with Gasteiger partial charge in [-0.1, -0.05) is 74.0 Å². The number of halogens is 1. The van der Waals surface area contributed by atoms with Gasteiger partial charge in [-0.05, 0) is 41.5 Å². The highest BCUT2D eigenvalue weighted by molar-refractivity contribution is 9.09. The van der Waals surface area contributed by atoms with E-state index in [9.17, 15) is 4.79 Å². The first-order valence-corrected chi connectivity index (χ1v) is 9.73. The SMILES string of the molecule is CC(C)(CBr)CC(C)(C)COc1ccc(C(=O)c2ccccc2)cc1. The summed E-state index contributed by atoms with van der Waals surface area (Å²) >= 11 is 3.59. The molecule has 0 unspecified atom stereocenters. The molecule has 0 aliphatic rings. The predicted octanol–water partition coefficient (Wildman–Crippen LogP) is 6.13. The Hall–Kier alpha value is -1.61. The van der Waals surface area contributed by atoms with Gasteiger partial charge in [-0.25, -0.2) is 0 Å². The summed E-state index contributed by atoms with van der Waals surface area (Å²) in [6, 6.07) is 16.8. The minimum absolute atomic E-state index is 0.0338. The van der Waals surface area contributed by atoms with Crippen LogP contribution in [0.1, 0.15) is 50.0 Å². The van der Waals surface area contributed by atoms with Gasteiger partial charge in [0.15, 0.2) is 5.78 Å². The van der Waals surface area contributed by atoms with Gasteiger partial charge in [-0.3, -0.25) is 4.79 Å². The zero-order valence-corrected chi connectivity index (χ0v) is 17.1. The average molecular weight is 403 g/mol. The summed E-state index contributed by atoms with van der Waals surface area (Å²) in [5.74, 6) is 0.834. The number of benzene rings is 2. The van der Waals surface area contributed by atoms with Crippen molar-refractivity contribution in [3.8, 4) is 5.75 Å². The van der Waals surface area contributed by atoms with E-state index in [0.29, 0.717) is 17.7 Å². The zero-order chi connectivity index (χ0) is 18.5. The average Bonchev–Trinajstić information content (AvgIpc) is 2.60. The summed E-state index contributed by atoms with van der Waals surface area (Å²) < 4.78 is 5.98. The molecular weight excluding hydrogens is 376 g/mol. The lowest BCUT2D eigenvalue weighted by atomic mass is 9.77. The first-order valence-electron chi connectivity index (χ1n) is 8.61. The van der Waals surface area contributed by atoms with E-state index in [1.54, 1.807) is 0 Å². The maximum absolute atomic E-state index is 12.4. The van der Waals surface area contributed by atoms with Crippen LogP contribution in [0.25, 0.3) is 0 Å². The molecule has 0 aliphatic carbocycles. The van der Waals surface area contributed by atoms with Crippen LogP contribution >= 0.6 is 15.9 Å². The molecule has 134 valence electrons. The maximum atomic E-state index is 12.4. The van der Waals surface area contributed by atoms with E-state index in [0.717, 1.165) is 17.5 Å². The number of hydrogen-bond acceptors (Lipinski definition) is 2. The van der Waals surface area contributed by atoms with Crippen molar-refractivity contribution < 1.29 is 9.53 Å². The summed E-state index contributed by atoms with van der Waals surface area (Å²) in [5, 5.41) is 0.972. The van der Waals surface area contributed by atoms with Crippen LogP contribution in [0, 0.1) is 10.8 Å². The van der Waals surface area contributed by atoms with Gasteiger partial charge in [0.1, 0.15) is 5.75 Å². The van der Waals surface area contributed by atoms with Crippen molar-refractivity contribution in [2.24, 2.45) is 10.8 Å². The van der Waals surface area contributed by atoms with Crippen LogP contribution in [-0.4, -0.2) is 17.7 Å². The molecule has 0 aliphatic heterocycles. The van der Waals surface area contributed by atoms with Crippen LogP contribution in [0.15, 0.2) is 54.6 Å². The van der Waals surface area contributed by atoms with E-state index in [1.807, 2.05) is 54.6 Å². The Balaban J connectivity index is 1.98. The maximum Gasteiger partial charge on any atom is 0.193 e. The van der Waals surface area contributed by atoms with Gasteiger partial charge in [0, 0.05) is 16.5 Å². The molecule has 2 rings (SSSR count). The molecule has 0 radical (unpaired) electrons. The number of carbonyl (C=O) groups excluding carboxylic acids is 1. The highest BCUT2D eigenvalue weighted by atomic mass is 79.9. The summed E-state index contributed by atoms with van der Waals surface area (Å²) in [4.78, 5) is 12.4. The summed E-state index contributed by atoms with van der Waals surface area (Å²) in [5.41, 5.74) is 1.70. The molecule has 0 saturated carbocycles. The van der Waals surface area contributed by atoms with Gasteiger partial charge in [-0.15, -0.1) is 0 Å². The lowest BCUT2D eigenvalue weighted by molar-refractivity contribution is 0.103. The standard InChI is InChI=1S/C22H27BrO2/c1-21(2,15-23)14-22(3,4)16-25-19-12-10-18(11-13-19)20(24)17-8-6-5-7-9-17/h5-13H,14-16H2,1-4H3. The van der Waals surface area contributed by atoms with Crippen LogP contribution in [-0.2, 0) is 0 Å². The van der Waals surface area contributed by atoms with Crippen LogP contribution in [0.2, 0.25) is 0 Å². The third kappa shape index (κ3) is 6.00. The van der Waals surface area contributed by atoms with E-state index >= 15 is 0 Å². The molecule has 0 spiro atoms. The molecule has 0 saturated heterocycles. The molecule has 2 aromatic carbocycles. The van der Waals surface area contributed by atoms with Crippen LogP contribution in [0.3, 0.4) is 0 Å². The van der Waals surface area contributed by atoms with Crippen molar-refractivity contribution in [1.82, 2.24) is 0 Å². The second-order valence-corrected chi connectivity index (χ2v) is 8.71. The first-order chi connectivity index (χ1) is 11.7. The second-order valence-electron chi connectivity index (χ2n) is 8.15. The normalized spacial score (nSPS) is 12.0. The van der Waals surface area contributed by atoms with Crippen LogP contribution < -0.4 is 4.74 Å². The fraction of sp³-hybridized carbons (Fsp3) is 0.409. The molecule has 25 heavy (non-hydrogen) atoms.